The zero-order valence-corrected chi connectivity index (χ0v) is 17.0. The summed E-state index contributed by atoms with van der Waals surface area (Å²) in [6, 6.07) is 12.6. The Bertz CT molecular complexity index is 788. The molecule has 1 fully saturated rings. The summed E-state index contributed by atoms with van der Waals surface area (Å²) in [6.45, 7) is 3.62. The molecule has 1 atom stereocenters. The summed E-state index contributed by atoms with van der Waals surface area (Å²) in [5.41, 5.74) is 1.59. The van der Waals surface area contributed by atoms with E-state index in [0.717, 1.165) is 29.4 Å². The van der Waals surface area contributed by atoms with Crippen molar-refractivity contribution < 1.29 is 18.8 Å². The molecule has 1 N–H and O–H groups in total. The number of carbonyl (C=O) groups is 1. The molecule has 1 heterocycles. The molecule has 0 spiro atoms. The second-order valence-electron chi connectivity index (χ2n) is 7.08. The van der Waals surface area contributed by atoms with E-state index < -0.39 is 0 Å². The third-order valence-electron chi connectivity index (χ3n) is 5.06. The fraction of sp³-hybridized carbons (Fsp3) is 0.381. The zero-order valence-electron chi connectivity index (χ0n) is 16.3. The van der Waals surface area contributed by atoms with E-state index >= 15 is 0 Å². The molecule has 2 aromatic rings. The number of methoxy groups -OCH3 is 1. The minimum Gasteiger partial charge on any atom is -0.497 e. The normalized spacial score (nSPS) is 15.4. The number of halogens is 2. The third-order valence-corrected chi connectivity index (χ3v) is 5.42. The second kappa shape index (κ2) is 9.26. The fourth-order valence-electron chi connectivity index (χ4n) is 3.44. The number of carbonyl (C=O) groups excluding carboxylic acids is 1. The van der Waals surface area contributed by atoms with Crippen molar-refractivity contribution >= 4 is 23.2 Å². The number of rotatable bonds is 6. The molecular weight excluding hydrogens is 381 g/mol. The van der Waals surface area contributed by atoms with Crippen molar-refractivity contribution in [1.29, 1.82) is 0 Å². The summed E-state index contributed by atoms with van der Waals surface area (Å²) < 4.78 is 19.1. The predicted molar refractivity (Wildman–Crippen MR) is 109 cm³/mol. The van der Waals surface area contributed by atoms with Crippen molar-refractivity contribution in [1.82, 2.24) is 4.90 Å². The molecule has 0 bridgehead atoms. The van der Waals surface area contributed by atoms with Crippen LogP contribution in [0.1, 0.15) is 5.56 Å². The highest BCUT2D eigenvalue weighted by atomic mass is 35.5. The maximum atomic E-state index is 13.9. The highest BCUT2D eigenvalue weighted by molar-refractivity contribution is 6.31. The molecule has 1 aliphatic rings. The molecule has 2 aromatic carbocycles. The summed E-state index contributed by atoms with van der Waals surface area (Å²) in [7, 11) is 3.53. The van der Waals surface area contributed by atoms with Crippen LogP contribution in [0.25, 0.3) is 0 Å². The number of quaternary nitrogens is 1. The Morgan fingerprint density at radius 1 is 1.14 bits per heavy atom. The molecule has 0 aromatic heterocycles. The molecule has 0 saturated carbocycles. The van der Waals surface area contributed by atoms with E-state index in [1.807, 2.05) is 36.2 Å². The van der Waals surface area contributed by atoms with Gasteiger partial charge in [-0.05, 0) is 36.4 Å². The zero-order chi connectivity index (χ0) is 20.1. The summed E-state index contributed by atoms with van der Waals surface area (Å²) in [4.78, 5) is 17.7. The van der Waals surface area contributed by atoms with Gasteiger partial charge in [0.1, 0.15) is 18.1 Å². The first-order valence-electron chi connectivity index (χ1n) is 9.39. The van der Waals surface area contributed by atoms with Crippen LogP contribution in [0.2, 0.25) is 5.02 Å². The summed E-state index contributed by atoms with van der Waals surface area (Å²) in [6.07, 6.45) is 0. The van der Waals surface area contributed by atoms with Crippen LogP contribution >= 0.6 is 11.6 Å². The number of amides is 1. The molecule has 150 valence electrons. The van der Waals surface area contributed by atoms with Crippen LogP contribution in [-0.2, 0) is 11.3 Å². The van der Waals surface area contributed by atoms with Gasteiger partial charge in [0.25, 0.3) is 5.91 Å². The van der Waals surface area contributed by atoms with E-state index in [1.54, 1.807) is 19.2 Å². The highest BCUT2D eigenvalue weighted by Crippen LogP contribution is 2.20. The Balaban J connectivity index is 1.50. The van der Waals surface area contributed by atoms with Crippen molar-refractivity contribution in [2.24, 2.45) is 0 Å². The molecule has 3 rings (SSSR count). The minimum absolute atomic E-state index is 0.0827. The van der Waals surface area contributed by atoms with Gasteiger partial charge in [0, 0.05) is 31.9 Å². The van der Waals surface area contributed by atoms with Crippen molar-refractivity contribution in [3.63, 3.8) is 0 Å². The van der Waals surface area contributed by atoms with Gasteiger partial charge in [-0.3, -0.25) is 4.79 Å². The largest absolute Gasteiger partial charge is 0.497 e. The van der Waals surface area contributed by atoms with E-state index in [1.165, 1.54) is 6.07 Å². The molecule has 0 radical (unpaired) electrons. The standard InChI is InChI=1S/C21H25ClFN3O2/c1-24(14-18-19(22)4-3-5-20(18)23)15-21(27)26-12-10-25(11-13-26)16-6-8-17(28-2)9-7-16/h3-9H,10-15H2,1-2H3/p+1. The van der Waals surface area contributed by atoms with Crippen molar-refractivity contribution in [2.45, 2.75) is 6.54 Å². The van der Waals surface area contributed by atoms with Gasteiger partial charge in [0.05, 0.1) is 24.7 Å². The topological polar surface area (TPSA) is 37.2 Å². The fourth-order valence-corrected chi connectivity index (χ4v) is 3.67. The Labute approximate surface area is 170 Å². The first-order chi connectivity index (χ1) is 13.5. The van der Waals surface area contributed by atoms with Gasteiger partial charge in [-0.2, -0.15) is 0 Å². The van der Waals surface area contributed by atoms with Gasteiger partial charge >= 0.3 is 0 Å². The van der Waals surface area contributed by atoms with Gasteiger partial charge in [-0.25, -0.2) is 4.39 Å². The first-order valence-corrected chi connectivity index (χ1v) is 9.76. The Morgan fingerprint density at radius 3 is 2.43 bits per heavy atom. The molecule has 1 unspecified atom stereocenters. The molecule has 7 heteroatoms. The number of hydrogen-bond acceptors (Lipinski definition) is 3. The van der Waals surface area contributed by atoms with E-state index in [0.29, 0.717) is 36.8 Å². The lowest BCUT2D eigenvalue weighted by Gasteiger charge is -2.36. The van der Waals surface area contributed by atoms with Crippen LogP contribution in [0.5, 0.6) is 5.75 Å². The van der Waals surface area contributed by atoms with Gasteiger partial charge < -0.3 is 19.4 Å². The Hall–Kier alpha value is -2.31. The van der Waals surface area contributed by atoms with Gasteiger partial charge in [-0.1, -0.05) is 17.7 Å². The van der Waals surface area contributed by atoms with Gasteiger partial charge in [-0.15, -0.1) is 0 Å². The second-order valence-corrected chi connectivity index (χ2v) is 7.48. The number of hydrogen-bond donors (Lipinski definition) is 1. The quantitative estimate of drug-likeness (QED) is 0.795. The van der Waals surface area contributed by atoms with E-state index in [9.17, 15) is 9.18 Å². The number of ether oxygens (including phenoxy) is 1. The average molecular weight is 407 g/mol. The summed E-state index contributed by atoms with van der Waals surface area (Å²) in [5.74, 6) is 0.588. The molecule has 1 amide bonds. The van der Waals surface area contributed by atoms with Crippen molar-refractivity contribution in [3.8, 4) is 5.75 Å². The predicted octanol–water partition coefficient (Wildman–Crippen LogP) is 1.85. The lowest BCUT2D eigenvalue weighted by molar-refractivity contribution is -0.885. The van der Waals surface area contributed by atoms with Crippen LogP contribution in [0.4, 0.5) is 10.1 Å². The molecule has 1 saturated heterocycles. The van der Waals surface area contributed by atoms with Crippen molar-refractivity contribution in [2.75, 3.05) is 51.8 Å². The summed E-state index contributed by atoms with van der Waals surface area (Å²) in [5, 5.41) is 0.403. The Morgan fingerprint density at radius 2 is 1.82 bits per heavy atom. The van der Waals surface area contributed by atoms with Gasteiger partial charge in [0.2, 0.25) is 0 Å². The van der Waals surface area contributed by atoms with Crippen LogP contribution in [0.15, 0.2) is 42.5 Å². The number of likely N-dealkylation sites (N-methyl/N-ethyl adjacent to an activating group) is 1. The minimum atomic E-state index is -0.326. The monoisotopic (exact) mass is 406 g/mol. The van der Waals surface area contributed by atoms with Crippen LogP contribution in [0, 0.1) is 5.82 Å². The average Bonchev–Trinajstić information content (AvgIpc) is 2.71. The smallest absolute Gasteiger partial charge is 0.277 e. The maximum Gasteiger partial charge on any atom is 0.277 e. The van der Waals surface area contributed by atoms with Crippen LogP contribution in [-0.4, -0.2) is 57.7 Å². The summed E-state index contributed by atoms with van der Waals surface area (Å²) >= 11 is 6.09. The van der Waals surface area contributed by atoms with E-state index in [4.69, 9.17) is 16.3 Å². The molecule has 5 nitrogen and oxygen atoms in total. The number of nitrogens with one attached hydrogen (secondary N) is 1. The lowest BCUT2D eigenvalue weighted by atomic mass is 10.2. The van der Waals surface area contributed by atoms with Crippen LogP contribution in [0.3, 0.4) is 0 Å². The lowest BCUT2D eigenvalue weighted by Crippen LogP contribution is -3.09. The van der Waals surface area contributed by atoms with Crippen molar-refractivity contribution in [3.05, 3.63) is 58.9 Å². The highest BCUT2D eigenvalue weighted by Gasteiger charge is 2.24. The SMILES string of the molecule is COc1ccc(N2CCN(C(=O)C[NH+](C)Cc3c(F)cccc3Cl)CC2)cc1. The van der Waals surface area contributed by atoms with Gasteiger partial charge in [0.15, 0.2) is 6.54 Å². The maximum absolute atomic E-state index is 13.9. The Kier molecular flexibility index (Phi) is 6.75. The number of benzene rings is 2. The molecule has 28 heavy (non-hydrogen) atoms. The van der Waals surface area contributed by atoms with Crippen LogP contribution < -0.4 is 14.5 Å². The third kappa shape index (κ3) is 4.94. The molecule has 0 aliphatic carbocycles. The van der Waals surface area contributed by atoms with E-state index in [-0.39, 0.29) is 11.7 Å². The van der Waals surface area contributed by atoms with E-state index in [2.05, 4.69) is 4.90 Å². The number of piperazine rings is 1. The molecule has 1 aliphatic heterocycles. The number of anilines is 1. The molecular formula is C21H26ClFN3O2+. The first kappa shape index (κ1) is 20.4. The number of nitrogens with zero attached hydrogens (tertiary/aromatic N) is 2.